The van der Waals surface area contributed by atoms with Crippen molar-refractivity contribution in [2.45, 2.75) is 26.7 Å². The summed E-state index contributed by atoms with van der Waals surface area (Å²) in [6.45, 7) is 3.38. The summed E-state index contributed by atoms with van der Waals surface area (Å²) >= 11 is 24.1. The summed E-state index contributed by atoms with van der Waals surface area (Å²) < 4.78 is 0. The van der Waals surface area contributed by atoms with Gasteiger partial charge in [-0.25, -0.2) is 10.9 Å². The summed E-state index contributed by atoms with van der Waals surface area (Å²) in [4.78, 5) is 50.0. The predicted octanol–water partition coefficient (Wildman–Crippen LogP) is 7.97. The zero-order valence-electron chi connectivity index (χ0n) is 25.5. The van der Waals surface area contributed by atoms with Crippen LogP contribution in [-0.4, -0.2) is 35.1 Å². The molecule has 0 aliphatic heterocycles. The molecule has 0 unspecified atom stereocenters. The molecule has 0 aliphatic rings. The van der Waals surface area contributed by atoms with E-state index in [1.165, 1.54) is 24.3 Å². The number of hydrogen-bond donors (Lipinski definition) is 4. The second-order valence-electron chi connectivity index (χ2n) is 10.3. The van der Waals surface area contributed by atoms with E-state index in [0.29, 0.717) is 44.0 Å². The SMILES string of the molecule is CC(=NNC(=O)CCC(=O)NN=C(C)c1cccc(NC(=O)c2ccc(Cl)cc2Cl)c1)c1cccc(NC(=O)c2ccc(Cl)cc2Cl)c1. The minimum absolute atomic E-state index is 0.135. The van der Waals surface area contributed by atoms with Gasteiger partial charge < -0.3 is 10.6 Å². The average Bonchev–Trinajstić information content (AvgIpc) is 3.05. The number of benzene rings is 4. The van der Waals surface area contributed by atoms with Crippen molar-refractivity contribution in [2.75, 3.05) is 10.6 Å². The largest absolute Gasteiger partial charge is 0.322 e. The van der Waals surface area contributed by atoms with E-state index in [1.54, 1.807) is 74.5 Å². The Labute approximate surface area is 296 Å². The Bertz CT molecular complexity index is 1810. The molecule has 4 aromatic carbocycles. The van der Waals surface area contributed by atoms with Gasteiger partial charge >= 0.3 is 0 Å². The summed E-state index contributed by atoms with van der Waals surface area (Å²) in [6.07, 6.45) is -0.270. The number of rotatable bonds is 11. The highest BCUT2D eigenvalue weighted by molar-refractivity contribution is 6.38. The van der Waals surface area contributed by atoms with Crippen LogP contribution in [0.1, 0.15) is 58.5 Å². The molecule has 246 valence electrons. The molecule has 0 atom stereocenters. The summed E-state index contributed by atoms with van der Waals surface area (Å²) in [6, 6.07) is 23.0. The second kappa shape index (κ2) is 16.9. The Kier molecular flexibility index (Phi) is 12.7. The molecule has 4 aromatic rings. The van der Waals surface area contributed by atoms with Gasteiger partial charge in [-0.05, 0) is 85.6 Å². The van der Waals surface area contributed by atoms with Crippen molar-refractivity contribution in [3.63, 3.8) is 0 Å². The summed E-state index contributed by atoms with van der Waals surface area (Å²) in [5.74, 6) is -1.77. The fourth-order valence-corrected chi connectivity index (χ4v) is 5.14. The fourth-order valence-electron chi connectivity index (χ4n) is 4.15. The molecule has 0 bridgehead atoms. The van der Waals surface area contributed by atoms with Crippen molar-refractivity contribution in [2.24, 2.45) is 10.2 Å². The van der Waals surface area contributed by atoms with Gasteiger partial charge in [-0.2, -0.15) is 10.2 Å². The van der Waals surface area contributed by atoms with Crippen molar-refractivity contribution in [1.29, 1.82) is 0 Å². The smallest absolute Gasteiger partial charge is 0.257 e. The van der Waals surface area contributed by atoms with Gasteiger partial charge in [-0.3, -0.25) is 19.2 Å². The van der Waals surface area contributed by atoms with E-state index in [9.17, 15) is 19.2 Å². The molecular formula is C34H28Cl4N6O4. The van der Waals surface area contributed by atoms with Crippen molar-refractivity contribution < 1.29 is 19.2 Å². The van der Waals surface area contributed by atoms with Crippen molar-refractivity contribution >= 4 is 92.8 Å². The topological polar surface area (TPSA) is 141 Å². The first-order valence-corrected chi connectivity index (χ1v) is 15.8. The molecule has 0 saturated heterocycles. The maximum Gasteiger partial charge on any atom is 0.257 e. The number of hydrogen-bond acceptors (Lipinski definition) is 6. The number of nitrogens with one attached hydrogen (secondary N) is 4. The molecule has 0 spiro atoms. The first-order valence-electron chi connectivity index (χ1n) is 14.3. The van der Waals surface area contributed by atoms with E-state index >= 15 is 0 Å². The third-order valence-corrected chi connectivity index (χ3v) is 7.80. The van der Waals surface area contributed by atoms with Crippen molar-refractivity contribution in [3.05, 3.63) is 127 Å². The van der Waals surface area contributed by atoms with E-state index in [1.807, 2.05) is 0 Å². The number of nitrogens with zero attached hydrogens (tertiary/aromatic N) is 2. The van der Waals surface area contributed by atoms with E-state index in [0.717, 1.165) is 0 Å². The molecule has 0 radical (unpaired) electrons. The highest BCUT2D eigenvalue weighted by atomic mass is 35.5. The van der Waals surface area contributed by atoms with E-state index < -0.39 is 23.6 Å². The normalized spacial score (nSPS) is 11.5. The van der Waals surface area contributed by atoms with Crippen LogP contribution in [0.2, 0.25) is 20.1 Å². The lowest BCUT2D eigenvalue weighted by Crippen LogP contribution is -2.24. The Morgan fingerprint density at radius 3 is 1.33 bits per heavy atom. The van der Waals surface area contributed by atoms with Crippen LogP contribution >= 0.6 is 46.4 Å². The van der Waals surface area contributed by atoms with Gasteiger partial charge in [0.25, 0.3) is 11.8 Å². The van der Waals surface area contributed by atoms with Crippen LogP contribution in [0.15, 0.2) is 95.1 Å². The van der Waals surface area contributed by atoms with Gasteiger partial charge in [0.05, 0.1) is 32.6 Å². The number of anilines is 2. The van der Waals surface area contributed by atoms with Crippen molar-refractivity contribution in [1.82, 2.24) is 10.9 Å². The van der Waals surface area contributed by atoms with Crippen LogP contribution in [0.5, 0.6) is 0 Å². The number of hydrazone groups is 2. The predicted molar refractivity (Wildman–Crippen MR) is 192 cm³/mol. The third-order valence-electron chi connectivity index (χ3n) is 6.70. The molecule has 0 aliphatic carbocycles. The number of amides is 4. The lowest BCUT2D eigenvalue weighted by Gasteiger charge is -2.09. The maximum atomic E-state index is 12.6. The lowest BCUT2D eigenvalue weighted by atomic mass is 10.1. The van der Waals surface area contributed by atoms with Gasteiger partial charge in [-0.15, -0.1) is 0 Å². The van der Waals surface area contributed by atoms with Crippen LogP contribution in [0.25, 0.3) is 0 Å². The van der Waals surface area contributed by atoms with E-state index in [4.69, 9.17) is 46.4 Å². The van der Waals surface area contributed by atoms with Crippen molar-refractivity contribution in [3.8, 4) is 0 Å². The minimum atomic E-state index is -0.476. The van der Waals surface area contributed by atoms with Gasteiger partial charge in [0.1, 0.15) is 0 Å². The zero-order chi connectivity index (χ0) is 34.8. The molecule has 14 heteroatoms. The van der Waals surface area contributed by atoms with Crippen LogP contribution in [-0.2, 0) is 9.59 Å². The first kappa shape index (κ1) is 36.1. The molecule has 0 aromatic heterocycles. The summed E-state index contributed by atoms with van der Waals surface area (Å²) in [7, 11) is 0. The molecule has 4 N–H and O–H groups in total. The molecule has 0 heterocycles. The average molecular weight is 726 g/mol. The molecular weight excluding hydrogens is 698 g/mol. The molecule has 48 heavy (non-hydrogen) atoms. The zero-order valence-corrected chi connectivity index (χ0v) is 28.6. The summed E-state index contributed by atoms with van der Waals surface area (Å²) in [5, 5.41) is 15.1. The van der Waals surface area contributed by atoms with Gasteiger partial charge in [0, 0.05) is 34.3 Å². The van der Waals surface area contributed by atoms with Crippen LogP contribution in [0.4, 0.5) is 11.4 Å². The van der Waals surface area contributed by atoms with Crippen LogP contribution in [0, 0.1) is 0 Å². The fraction of sp³-hybridized carbons (Fsp3) is 0.118. The molecule has 4 rings (SSSR count). The second-order valence-corrected chi connectivity index (χ2v) is 12.0. The third kappa shape index (κ3) is 10.4. The Morgan fingerprint density at radius 2 is 0.958 bits per heavy atom. The van der Waals surface area contributed by atoms with Gasteiger partial charge in [0.2, 0.25) is 11.8 Å². The highest BCUT2D eigenvalue weighted by Gasteiger charge is 2.14. The highest BCUT2D eigenvalue weighted by Crippen LogP contribution is 2.24. The molecule has 0 fully saturated rings. The first-order chi connectivity index (χ1) is 22.9. The molecule has 10 nitrogen and oxygen atoms in total. The number of halogens is 4. The lowest BCUT2D eigenvalue weighted by molar-refractivity contribution is -0.126. The molecule has 4 amide bonds. The monoisotopic (exact) mass is 724 g/mol. The van der Waals surface area contributed by atoms with Gasteiger partial charge in [0.15, 0.2) is 0 Å². The Balaban J connectivity index is 1.25. The molecule has 0 saturated carbocycles. The summed E-state index contributed by atoms with van der Waals surface area (Å²) in [5.41, 5.74) is 8.64. The maximum absolute atomic E-state index is 12.6. The Hall–Kier alpha value is -4.74. The minimum Gasteiger partial charge on any atom is -0.322 e. The van der Waals surface area contributed by atoms with E-state index in [-0.39, 0.29) is 34.0 Å². The van der Waals surface area contributed by atoms with E-state index in [2.05, 4.69) is 31.7 Å². The van der Waals surface area contributed by atoms with Crippen LogP contribution in [0.3, 0.4) is 0 Å². The van der Waals surface area contributed by atoms with Crippen LogP contribution < -0.4 is 21.5 Å². The number of carbonyl (C=O) groups excluding carboxylic acids is 4. The number of carbonyl (C=O) groups is 4. The quantitative estimate of drug-likeness (QED) is 0.0920. The standard InChI is InChI=1S/C34H28Cl4N6O4/c1-19(21-5-3-7-25(15-21)39-33(47)27-11-9-23(35)17-29(27)37)41-43-31(45)13-14-32(46)44-42-20(2)22-6-4-8-26(16-22)40-34(48)28-12-10-24(36)18-30(28)38/h3-12,15-18H,13-14H2,1-2H3,(H,39,47)(H,40,48)(H,43,45)(H,44,46). The van der Waals surface area contributed by atoms with Gasteiger partial charge in [-0.1, -0.05) is 70.7 Å². The Morgan fingerprint density at radius 1 is 0.562 bits per heavy atom.